The second-order valence-electron chi connectivity index (χ2n) is 0.491. The predicted octanol–water partition coefficient (Wildman–Crippen LogP) is -0.312. The summed E-state index contributed by atoms with van der Waals surface area (Å²) in [6.45, 7) is 0. The van der Waals surface area contributed by atoms with E-state index in [9.17, 15) is 4.53 Å². The molecule has 49 valence electrons. The second kappa shape index (κ2) is 3.53. The molecule has 0 atom stereocenters. The minimum absolute atomic E-state index is 0. The second-order valence-corrected chi connectivity index (χ2v) is 1.47. The zero-order chi connectivity index (χ0) is 5.21. The van der Waals surface area contributed by atoms with Crippen molar-refractivity contribution >= 4 is 10.4 Å². The number of hydrogen-bond donors (Lipinski definition) is 1. The van der Waals surface area contributed by atoms with Gasteiger partial charge in [0.05, 0.1) is 0 Å². The van der Waals surface area contributed by atoms with Gasteiger partial charge < -0.3 is 0 Å². The molecule has 1 N–H and O–H groups in total. The Hall–Kier alpha value is 0.540. The molecule has 1 radical (unpaired) electrons. The van der Waals surface area contributed by atoms with E-state index in [0.717, 1.165) is 0 Å². The van der Waals surface area contributed by atoms with Crippen LogP contribution >= 0.6 is 0 Å². The average Bonchev–Trinajstić information content (AvgIpc) is 1.35. The van der Waals surface area contributed by atoms with E-state index in [1.165, 1.54) is 0 Å². The van der Waals surface area contributed by atoms with Gasteiger partial charge in [0.2, 0.25) is 0 Å². The molecule has 0 aliphatic carbocycles. The van der Waals surface area contributed by atoms with Crippen LogP contribution in [0.25, 0.3) is 0 Å². The molecule has 0 spiro atoms. The topological polar surface area (TPSA) is 63.6 Å². The number of hydrogen-bond acceptors (Lipinski definition) is 3. The summed E-state index contributed by atoms with van der Waals surface area (Å²) in [5.41, 5.74) is 0. The van der Waals surface area contributed by atoms with Crippen molar-refractivity contribution in [3.63, 3.8) is 0 Å². The van der Waals surface area contributed by atoms with E-state index in [4.69, 9.17) is 13.0 Å². The van der Waals surface area contributed by atoms with Crippen LogP contribution in [0.5, 0.6) is 0 Å². The quantitative estimate of drug-likeness (QED) is 0.490. The fourth-order valence-corrected chi connectivity index (χ4v) is 0. The van der Waals surface area contributed by atoms with Crippen molar-refractivity contribution < 1.29 is 44.3 Å². The molecule has 0 unspecified atom stereocenters. The van der Waals surface area contributed by atoms with Crippen molar-refractivity contribution in [3.05, 3.63) is 0 Å². The smallest absolute Gasteiger partial charge is 0.262 e. The Bertz CT molecular complexity index is 114. The van der Waals surface area contributed by atoms with E-state index in [0.29, 0.717) is 0 Å². The summed E-state index contributed by atoms with van der Waals surface area (Å²) in [4.78, 5) is 0. The van der Waals surface area contributed by atoms with Crippen LogP contribution < -0.4 is 0 Å². The first-order chi connectivity index (χ1) is 2.56. The molecule has 0 aromatic rings. The van der Waals surface area contributed by atoms with Gasteiger partial charge in [-0.3, -0.25) is 4.55 Å². The van der Waals surface area contributed by atoms with E-state index in [-0.39, 0.29) is 22.4 Å². The molecule has 0 bridgehead atoms. The van der Waals surface area contributed by atoms with Crippen molar-refractivity contribution in [2.24, 2.45) is 0 Å². The van der Waals surface area contributed by atoms with Crippen LogP contribution in [0.2, 0.25) is 0 Å². The fourth-order valence-electron chi connectivity index (χ4n) is 0. The van der Waals surface area contributed by atoms with Crippen molar-refractivity contribution in [2.75, 3.05) is 0 Å². The van der Waals surface area contributed by atoms with Crippen LogP contribution in [-0.2, 0) is 37.2 Å². The Morgan fingerprint density at radius 1 is 1.57 bits per heavy atom. The van der Waals surface area contributed by atoms with Gasteiger partial charge in [-0.1, -0.05) is 0 Å². The Morgan fingerprint density at radius 3 is 1.71 bits per heavy atom. The third-order valence-corrected chi connectivity index (χ3v) is 0.239. The summed E-state index contributed by atoms with van der Waals surface area (Å²) in [7, 11) is -4.83. The van der Waals surface area contributed by atoms with Gasteiger partial charge in [0.25, 0.3) is 0 Å². The van der Waals surface area contributed by atoms with Crippen LogP contribution in [0.15, 0.2) is 0 Å². The molecule has 7 heavy (non-hydrogen) atoms. The van der Waals surface area contributed by atoms with Crippen LogP contribution in [0, 0.1) is 0 Å². The Kier molecular flexibility index (Phi) is 5.30. The zero-order valence-corrected chi connectivity index (χ0v) is 5.06. The molecule has 0 heterocycles. The summed E-state index contributed by atoms with van der Waals surface area (Å²) in [5.74, 6) is 0. The van der Waals surface area contributed by atoms with E-state index in [2.05, 4.69) is 0 Å². The van der Waals surface area contributed by atoms with Gasteiger partial charge in [0.1, 0.15) is 0 Å². The average molecular weight is 224 g/mol. The summed E-state index contributed by atoms with van der Waals surface area (Å²) in [6, 6.07) is 0. The summed E-state index contributed by atoms with van der Waals surface area (Å²) in [5, 5.41) is 0. The maximum absolute atomic E-state index is 10.2. The molecule has 0 fully saturated rings. The number of rotatable bonds is 1. The van der Waals surface area contributed by atoms with Gasteiger partial charge in [-0.15, -0.1) is 0 Å². The van der Waals surface area contributed by atoms with Gasteiger partial charge in [-0.2, -0.15) is 8.42 Å². The standard InChI is InChI=1S/Ag.FHO4S/c;1-5-6(2,3)4/h;(H,2,3,4). The van der Waals surface area contributed by atoms with Crippen molar-refractivity contribution in [1.82, 2.24) is 0 Å². The van der Waals surface area contributed by atoms with E-state index < -0.39 is 10.4 Å². The van der Waals surface area contributed by atoms with Crippen molar-refractivity contribution in [3.8, 4) is 0 Å². The first kappa shape index (κ1) is 10.5. The van der Waals surface area contributed by atoms with E-state index in [1.54, 1.807) is 0 Å². The molecule has 0 aliphatic heterocycles. The molecule has 0 amide bonds. The minimum atomic E-state index is -4.83. The molecule has 0 aromatic carbocycles. The molecule has 7 heteroatoms. The fraction of sp³-hybridized carbons (Fsp3) is 0. The molecule has 0 saturated carbocycles. The largest absolute Gasteiger partial charge is 0.428 e. The van der Waals surface area contributed by atoms with E-state index >= 15 is 0 Å². The first-order valence-electron chi connectivity index (χ1n) is 0.837. The zero-order valence-electron chi connectivity index (χ0n) is 2.76. The summed E-state index contributed by atoms with van der Waals surface area (Å²) < 4.78 is 37.2. The maximum atomic E-state index is 10.2. The normalized spacial score (nSPS) is 10.0. The molecule has 4 nitrogen and oxygen atoms in total. The van der Waals surface area contributed by atoms with Crippen LogP contribution in [0.1, 0.15) is 0 Å². The SMILES string of the molecule is O=S(=O)(O)OF.[Ag]. The summed E-state index contributed by atoms with van der Waals surface area (Å²) >= 11 is 0. The van der Waals surface area contributed by atoms with Crippen LogP contribution in [0.4, 0.5) is 4.53 Å². The minimum Gasteiger partial charge on any atom is -0.262 e. The van der Waals surface area contributed by atoms with Gasteiger partial charge in [0.15, 0.2) is 0 Å². The molecular weight excluding hydrogens is 223 g/mol. The van der Waals surface area contributed by atoms with Crippen LogP contribution in [-0.4, -0.2) is 13.0 Å². The molecular formula is HAgFO4S. The molecule has 0 rings (SSSR count). The van der Waals surface area contributed by atoms with Crippen molar-refractivity contribution in [1.29, 1.82) is 0 Å². The van der Waals surface area contributed by atoms with E-state index in [1.807, 2.05) is 4.39 Å². The molecule has 0 saturated heterocycles. The third-order valence-electron chi connectivity index (χ3n) is 0.0796. The van der Waals surface area contributed by atoms with Gasteiger partial charge in [-0.05, 0) is 8.91 Å². The van der Waals surface area contributed by atoms with Gasteiger partial charge in [-0.25, -0.2) is 0 Å². The third kappa shape index (κ3) is 10.8. The van der Waals surface area contributed by atoms with Gasteiger partial charge >= 0.3 is 10.4 Å². The Morgan fingerprint density at radius 2 is 1.71 bits per heavy atom. The molecule has 0 aliphatic rings. The summed E-state index contributed by atoms with van der Waals surface area (Å²) in [6.07, 6.45) is 0. The Balaban J connectivity index is 0. The van der Waals surface area contributed by atoms with Crippen molar-refractivity contribution in [2.45, 2.75) is 0 Å². The predicted molar refractivity (Wildman–Crippen MR) is 13.7 cm³/mol. The van der Waals surface area contributed by atoms with Gasteiger partial charge in [0, 0.05) is 22.4 Å². The first-order valence-corrected chi connectivity index (χ1v) is 2.20. The Labute approximate surface area is 55.0 Å². The maximum Gasteiger partial charge on any atom is 0.428 e. The molecule has 0 aromatic heterocycles. The van der Waals surface area contributed by atoms with Crippen LogP contribution in [0.3, 0.4) is 0 Å². The monoisotopic (exact) mass is 223 g/mol. The number of halogens is 1.